The van der Waals surface area contributed by atoms with Crippen LogP contribution in [0.3, 0.4) is 0 Å². The summed E-state index contributed by atoms with van der Waals surface area (Å²) < 4.78 is 1.95. The monoisotopic (exact) mass is 278 g/mol. The molecule has 2 unspecified atom stereocenters. The van der Waals surface area contributed by atoms with E-state index in [9.17, 15) is 0 Å². The summed E-state index contributed by atoms with van der Waals surface area (Å²) in [4.78, 5) is 2.58. The summed E-state index contributed by atoms with van der Waals surface area (Å²) in [6, 6.07) is 0.337. The fourth-order valence-corrected chi connectivity index (χ4v) is 3.51. The summed E-state index contributed by atoms with van der Waals surface area (Å²) in [5, 5.41) is 4.38. The molecule has 1 aliphatic heterocycles. The van der Waals surface area contributed by atoms with Gasteiger partial charge < -0.3 is 5.73 Å². The fraction of sp³-hybridized carbons (Fsp3) is 0.812. The van der Waals surface area contributed by atoms with E-state index >= 15 is 0 Å². The zero-order valence-electron chi connectivity index (χ0n) is 13.3. The zero-order chi connectivity index (χ0) is 14.5. The number of aromatic nitrogens is 2. The quantitative estimate of drug-likeness (QED) is 0.900. The van der Waals surface area contributed by atoms with Crippen LogP contribution in [0.15, 0.2) is 6.20 Å². The van der Waals surface area contributed by atoms with Crippen LogP contribution in [0.5, 0.6) is 0 Å². The first-order valence-electron chi connectivity index (χ1n) is 8.10. The Bertz CT molecular complexity index is 413. The lowest BCUT2D eigenvalue weighted by Gasteiger charge is -2.29. The predicted molar refractivity (Wildman–Crippen MR) is 83.6 cm³/mol. The largest absolute Gasteiger partial charge is 0.329 e. The molecule has 0 amide bonds. The predicted octanol–water partition coefficient (Wildman–Crippen LogP) is 2.63. The van der Waals surface area contributed by atoms with Crippen molar-refractivity contribution in [2.45, 2.75) is 52.0 Å². The van der Waals surface area contributed by atoms with Crippen molar-refractivity contribution in [2.24, 2.45) is 18.7 Å². The summed E-state index contributed by atoms with van der Waals surface area (Å²) in [6.07, 6.45) is 8.71. The Morgan fingerprint density at radius 2 is 2.20 bits per heavy atom. The topological polar surface area (TPSA) is 47.1 Å². The third kappa shape index (κ3) is 3.41. The van der Waals surface area contributed by atoms with Crippen molar-refractivity contribution < 1.29 is 0 Å². The van der Waals surface area contributed by atoms with Gasteiger partial charge in [0.25, 0.3) is 0 Å². The molecule has 0 aromatic carbocycles. The van der Waals surface area contributed by atoms with E-state index in [2.05, 4.69) is 23.8 Å². The van der Waals surface area contributed by atoms with Crippen molar-refractivity contribution in [1.29, 1.82) is 0 Å². The maximum Gasteiger partial charge on any atom is 0.0540 e. The van der Waals surface area contributed by atoms with Crippen molar-refractivity contribution in [2.75, 3.05) is 19.6 Å². The Morgan fingerprint density at radius 3 is 2.80 bits per heavy atom. The number of hydrogen-bond acceptors (Lipinski definition) is 3. The second-order valence-electron chi connectivity index (χ2n) is 6.18. The molecule has 2 atom stereocenters. The zero-order valence-corrected chi connectivity index (χ0v) is 13.3. The summed E-state index contributed by atoms with van der Waals surface area (Å²) in [6.45, 7) is 7.48. The van der Waals surface area contributed by atoms with Crippen LogP contribution in [0.25, 0.3) is 0 Å². The molecule has 0 bridgehead atoms. The van der Waals surface area contributed by atoms with Crippen LogP contribution in [-0.4, -0.2) is 34.3 Å². The molecule has 0 saturated carbocycles. The molecule has 2 heterocycles. The van der Waals surface area contributed by atoms with E-state index in [0.29, 0.717) is 12.6 Å². The molecule has 114 valence electrons. The lowest BCUT2D eigenvalue weighted by molar-refractivity contribution is 0.205. The molecule has 1 fully saturated rings. The molecule has 0 radical (unpaired) electrons. The molecule has 4 heteroatoms. The van der Waals surface area contributed by atoms with E-state index in [4.69, 9.17) is 5.73 Å². The lowest BCUT2D eigenvalue weighted by Crippen LogP contribution is -2.35. The van der Waals surface area contributed by atoms with Crippen molar-refractivity contribution in [1.82, 2.24) is 14.7 Å². The lowest BCUT2D eigenvalue weighted by atomic mass is 9.96. The second kappa shape index (κ2) is 7.23. The standard InChI is InChI=1S/C16H30N4/c1-4-6-14-7-5-9-20(10-8-14)16(11-17)15-12-18-19(3)13(15)2/h12,14,16H,4-11,17H2,1-3H3. The van der Waals surface area contributed by atoms with Crippen LogP contribution in [0.2, 0.25) is 0 Å². The number of nitrogens with two attached hydrogens (primary N) is 1. The minimum Gasteiger partial charge on any atom is -0.329 e. The Labute approximate surface area is 123 Å². The van der Waals surface area contributed by atoms with Gasteiger partial charge in [0, 0.05) is 24.8 Å². The SMILES string of the molecule is CCCC1CCCN(C(CN)c2cnn(C)c2C)CC1. The van der Waals surface area contributed by atoms with Gasteiger partial charge in [-0.2, -0.15) is 5.10 Å². The van der Waals surface area contributed by atoms with Crippen LogP contribution in [0.4, 0.5) is 0 Å². The molecule has 1 saturated heterocycles. The summed E-state index contributed by atoms with van der Waals surface area (Å²) in [7, 11) is 2.01. The van der Waals surface area contributed by atoms with E-state index < -0.39 is 0 Å². The smallest absolute Gasteiger partial charge is 0.0540 e. The maximum atomic E-state index is 6.08. The minimum atomic E-state index is 0.337. The third-order valence-corrected chi connectivity index (χ3v) is 4.88. The molecular formula is C16H30N4. The van der Waals surface area contributed by atoms with Crippen molar-refractivity contribution in [3.63, 3.8) is 0 Å². The Morgan fingerprint density at radius 1 is 1.40 bits per heavy atom. The van der Waals surface area contributed by atoms with E-state index in [0.717, 1.165) is 5.92 Å². The minimum absolute atomic E-state index is 0.337. The number of nitrogens with zero attached hydrogens (tertiary/aromatic N) is 3. The van der Waals surface area contributed by atoms with E-state index in [-0.39, 0.29) is 0 Å². The number of aryl methyl sites for hydroxylation is 1. The van der Waals surface area contributed by atoms with Gasteiger partial charge in [0.2, 0.25) is 0 Å². The molecule has 20 heavy (non-hydrogen) atoms. The van der Waals surface area contributed by atoms with Crippen LogP contribution in [-0.2, 0) is 7.05 Å². The van der Waals surface area contributed by atoms with Gasteiger partial charge in [-0.05, 0) is 45.2 Å². The van der Waals surface area contributed by atoms with Gasteiger partial charge in [-0.1, -0.05) is 19.8 Å². The second-order valence-corrected chi connectivity index (χ2v) is 6.18. The Balaban J connectivity index is 2.06. The van der Waals surface area contributed by atoms with Gasteiger partial charge >= 0.3 is 0 Å². The first-order valence-corrected chi connectivity index (χ1v) is 8.10. The molecule has 1 aromatic rings. The molecule has 1 aliphatic rings. The van der Waals surface area contributed by atoms with Crippen LogP contribution in [0.1, 0.15) is 56.3 Å². The van der Waals surface area contributed by atoms with Crippen LogP contribution >= 0.6 is 0 Å². The van der Waals surface area contributed by atoms with Crippen LogP contribution in [0, 0.1) is 12.8 Å². The molecule has 4 nitrogen and oxygen atoms in total. The highest BCUT2D eigenvalue weighted by Gasteiger charge is 2.25. The highest BCUT2D eigenvalue weighted by molar-refractivity contribution is 5.21. The van der Waals surface area contributed by atoms with Gasteiger partial charge in [-0.3, -0.25) is 9.58 Å². The molecule has 0 spiro atoms. The average Bonchev–Trinajstić information content (AvgIpc) is 2.67. The first kappa shape index (κ1) is 15.5. The Hall–Kier alpha value is -0.870. The number of rotatable bonds is 5. The maximum absolute atomic E-state index is 6.08. The van der Waals surface area contributed by atoms with Gasteiger partial charge in [0.1, 0.15) is 0 Å². The van der Waals surface area contributed by atoms with Crippen molar-refractivity contribution >= 4 is 0 Å². The molecule has 0 aliphatic carbocycles. The molecule has 2 N–H and O–H groups in total. The van der Waals surface area contributed by atoms with Crippen LogP contribution < -0.4 is 5.73 Å². The molecule has 1 aromatic heterocycles. The number of likely N-dealkylation sites (tertiary alicyclic amines) is 1. The van der Waals surface area contributed by atoms with Gasteiger partial charge in [-0.15, -0.1) is 0 Å². The summed E-state index contributed by atoms with van der Waals surface area (Å²) in [5.41, 5.74) is 8.63. The van der Waals surface area contributed by atoms with E-state index in [1.807, 2.05) is 17.9 Å². The molecular weight excluding hydrogens is 248 g/mol. The fourth-order valence-electron chi connectivity index (χ4n) is 3.51. The number of hydrogen-bond donors (Lipinski definition) is 1. The van der Waals surface area contributed by atoms with Crippen molar-refractivity contribution in [3.05, 3.63) is 17.5 Å². The first-order chi connectivity index (χ1) is 9.67. The van der Waals surface area contributed by atoms with Gasteiger partial charge in [0.15, 0.2) is 0 Å². The summed E-state index contributed by atoms with van der Waals surface area (Å²) >= 11 is 0. The third-order valence-electron chi connectivity index (χ3n) is 4.88. The normalized spacial score (nSPS) is 22.7. The van der Waals surface area contributed by atoms with Gasteiger partial charge in [0.05, 0.1) is 12.2 Å². The van der Waals surface area contributed by atoms with Crippen molar-refractivity contribution in [3.8, 4) is 0 Å². The summed E-state index contributed by atoms with van der Waals surface area (Å²) in [5.74, 6) is 0.915. The van der Waals surface area contributed by atoms with E-state index in [1.165, 1.54) is 56.5 Å². The van der Waals surface area contributed by atoms with E-state index in [1.54, 1.807) is 0 Å². The Kier molecular flexibility index (Phi) is 5.61. The highest BCUT2D eigenvalue weighted by atomic mass is 15.3. The molecule has 2 rings (SSSR count). The highest BCUT2D eigenvalue weighted by Crippen LogP contribution is 2.28. The average molecular weight is 278 g/mol. The van der Waals surface area contributed by atoms with Gasteiger partial charge in [-0.25, -0.2) is 0 Å².